The second-order valence-electron chi connectivity index (χ2n) is 0.545. The highest BCUT2D eigenvalue weighted by molar-refractivity contribution is 6.25. The fraction of sp³-hybridized carbons (Fsp3) is 1.00. The highest BCUT2D eigenvalue weighted by atomic mass is 28.3. The van der Waals surface area contributed by atoms with E-state index in [1.165, 1.54) is 7.11 Å². The molecule has 0 aromatic rings. The first-order chi connectivity index (χ1) is 2.81. The Kier molecular flexibility index (Phi) is 2.60. The zero-order chi connectivity index (χ0) is 4.99. The third-order valence-corrected chi connectivity index (χ3v) is 0.724. The lowest BCUT2D eigenvalue weighted by Crippen LogP contribution is -2.05. The second kappa shape index (κ2) is 2.80. The van der Waals surface area contributed by atoms with E-state index in [1.807, 2.05) is 0 Å². The molecule has 0 bridgehead atoms. The summed E-state index contributed by atoms with van der Waals surface area (Å²) in [7, 11) is -1.38. The van der Waals surface area contributed by atoms with Crippen molar-refractivity contribution in [3.8, 4) is 0 Å². The summed E-state index contributed by atoms with van der Waals surface area (Å²) in [5, 5.41) is 7.44. The quantitative estimate of drug-likeness (QED) is 0.295. The van der Waals surface area contributed by atoms with E-state index in [1.54, 1.807) is 0 Å². The monoisotopic (exact) mass is 108 g/mol. The maximum Gasteiger partial charge on any atom is 0.800 e. The van der Waals surface area contributed by atoms with Gasteiger partial charge in [-0.25, -0.2) is 5.26 Å². The fourth-order valence-corrected chi connectivity index (χ4v) is 0.112. The summed E-state index contributed by atoms with van der Waals surface area (Å²) in [5.74, 6) is 0. The molecule has 0 heterocycles. The molecule has 6 heavy (non-hydrogen) atoms. The Bertz CT molecular complexity index is 45.5. The van der Waals surface area contributed by atoms with Crippen LogP contribution in [0.15, 0.2) is 0 Å². The molecule has 0 fully saturated rings. The molecule has 0 spiro atoms. The van der Waals surface area contributed by atoms with Crippen molar-refractivity contribution in [3.63, 3.8) is 0 Å². The first kappa shape index (κ1) is 5.58. The minimum Gasteiger partial charge on any atom is -0.497 e. The van der Waals surface area contributed by atoms with Gasteiger partial charge < -0.3 is 9.00 Å². The first-order valence-corrected chi connectivity index (χ1v) is 2.43. The molecule has 4 nitrogen and oxygen atoms in total. The van der Waals surface area contributed by atoms with Crippen LogP contribution in [0.25, 0.3) is 0 Å². The summed E-state index contributed by atoms with van der Waals surface area (Å²) in [6, 6.07) is 0. The Morgan fingerprint density at radius 2 is 2.33 bits per heavy atom. The van der Waals surface area contributed by atoms with Crippen LogP contribution in [0.2, 0.25) is 0 Å². The van der Waals surface area contributed by atoms with Crippen molar-refractivity contribution in [1.82, 2.24) is 0 Å². The summed E-state index contributed by atoms with van der Waals surface area (Å²) < 4.78 is 16.9. The standard InChI is InChI=1S/CH4O4Si/c1-4-6(3)5-2/h2H,1H3. The average Bonchev–Trinajstić information content (AvgIpc) is 1.65. The molecule has 0 radical (unpaired) electrons. The molecule has 0 atom stereocenters. The predicted octanol–water partition coefficient (Wildman–Crippen LogP) is -0.462. The Balaban J connectivity index is 2.99. The first-order valence-electron chi connectivity index (χ1n) is 1.20. The van der Waals surface area contributed by atoms with Crippen LogP contribution in [0.3, 0.4) is 0 Å². The van der Waals surface area contributed by atoms with E-state index >= 15 is 0 Å². The maximum atomic E-state index is 9.67. The number of rotatable bonds is 2. The smallest absolute Gasteiger partial charge is 0.497 e. The van der Waals surface area contributed by atoms with Gasteiger partial charge in [0, 0.05) is 0 Å². The summed E-state index contributed by atoms with van der Waals surface area (Å²) in [6.07, 6.45) is 0. The molecule has 0 saturated carbocycles. The van der Waals surface area contributed by atoms with Crippen LogP contribution in [-0.4, -0.2) is 21.5 Å². The normalized spacial score (nSPS) is 7.00. The largest absolute Gasteiger partial charge is 0.800 e. The molecule has 0 aromatic heterocycles. The molecule has 36 valence electrons. The number of hydrogen-bond donors (Lipinski definition) is 1. The molecular weight excluding hydrogens is 104 g/mol. The van der Waals surface area contributed by atoms with Crippen LogP contribution in [0.4, 0.5) is 0 Å². The Labute approximate surface area is 36.1 Å². The fourth-order valence-electron chi connectivity index (χ4n) is 0.0373. The molecule has 0 aromatic carbocycles. The van der Waals surface area contributed by atoms with Crippen molar-refractivity contribution in [2.75, 3.05) is 7.11 Å². The lowest BCUT2D eigenvalue weighted by molar-refractivity contribution is -0.164. The van der Waals surface area contributed by atoms with E-state index in [9.17, 15) is 4.46 Å². The predicted molar refractivity (Wildman–Crippen MR) is 17.2 cm³/mol. The second-order valence-corrected chi connectivity index (χ2v) is 1.64. The van der Waals surface area contributed by atoms with Crippen LogP contribution in [0.5, 0.6) is 0 Å². The summed E-state index contributed by atoms with van der Waals surface area (Å²) >= 11 is 0. The minimum absolute atomic E-state index is 1.18. The van der Waals surface area contributed by atoms with Gasteiger partial charge in [-0.1, -0.05) is 0 Å². The van der Waals surface area contributed by atoms with Gasteiger partial charge >= 0.3 is 9.17 Å². The Morgan fingerprint density at radius 1 is 1.83 bits per heavy atom. The topological polar surface area (TPSA) is 55.8 Å². The van der Waals surface area contributed by atoms with Crippen molar-refractivity contribution >= 4 is 9.17 Å². The molecule has 0 aliphatic carbocycles. The lowest BCUT2D eigenvalue weighted by atomic mass is 11.8. The molecule has 0 saturated heterocycles. The Hall–Kier alpha value is -0.423. The van der Waals surface area contributed by atoms with Gasteiger partial charge in [0.25, 0.3) is 0 Å². The van der Waals surface area contributed by atoms with Crippen molar-refractivity contribution < 1.29 is 18.7 Å². The van der Waals surface area contributed by atoms with E-state index < -0.39 is 9.17 Å². The van der Waals surface area contributed by atoms with Crippen LogP contribution in [-0.2, 0) is 13.5 Å². The molecule has 0 amide bonds. The third-order valence-electron chi connectivity index (χ3n) is 0.241. The molecule has 0 aliphatic rings. The van der Waals surface area contributed by atoms with Crippen molar-refractivity contribution in [3.05, 3.63) is 0 Å². The van der Waals surface area contributed by atoms with Crippen LogP contribution >= 0.6 is 0 Å². The summed E-state index contributed by atoms with van der Waals surface area (Å²) in [5.41, 5.74) is 0. The van der Waals surface area contributed by atoms with Crippen molar-refractivity contribution in [2.24, 2.45) is 0 Å². The van der Waals surface area contributed by atoms with Crippen molar-refractivity contribution in [2.45, 2.75) is 0 Å². The zero-order valence-corrected chi connectivity index (χ0v) is 4.17. The highest BCUT2D eigenvalue weighted by Crippen LogP contribution is 1.63. The SMILES string of the molecule is CO[Si](=O)OO. The molecule has 1 N–H and O–H groups in total. The molecule has 0 unspecified atom stereocenters. The summed E-state index contributed by atoms with van der Waals surface area (Å²) in [6.45, 7) is 0. The minimum atomic E-state index is -2.56. The van der Waals surface area contributed by atoms with Gasteiger partial charge in [-0.2, -0.15) is 0 Å². The third kappa shape index (κ3) is 1.86. The lowest BCUT2D eigenvalue weighted by Gasteiger charge is -1.84. The van der Waals surface area contributed by atoms with E-state index in [0.717, 1.165) is 0 Å². The number of hydrogen-bond acceptors (Lipinski definition) is 4. The van der Waals surface area contributed by atoms with Gasteiger partial charge in [0.2, 0.25) is 0 Å². The van der Waals surface area contributed by atoms with Gasteiger partial charge in [0.1, 0.15) is 0 Å². The zero-order valence-electron chi connectivity index (χ0n) is 3.17. The Morgan fingerprint density at radius 3 is 2.33 bits per heavy atom. The van der Waals surface area contributed by atoms with Crippen molar-refractivity contribution in [1.29, 1.82) is 0 Å². The van der Waals surface area contributed by atoms with Crippen LogP contribution in [0, 0.1) is 0 Å². The molecular formula is CH4O4Si. The molecule has 0 aliphatic heterocycles. The molecule has 0 rings (SSSR count). The van der Waals surface area contributed by atoms with Gasteiger partial charge in [0.15, 0.2) is 0 Å². The van der Waals surface area contributed by atoms with Gasteiger partial charge in [0.05, 0.1) is 7.11 Å². The van der Waals surface area contributed by atoms with E-state index in [2.05, 4.69) is 9.00 Å². The average molecular weight is 108 g/mol. The van der Waals surface area contributed by atoms with E-state index in [-0.39, 0.29) is 0 Å². The van der Waals surface area contributed by atoms with E-state index in [4.69, 9.17) is 5.26 Å². The van der Waals surface area contributed by atoms with Crippen LogP contribution < -0.4 is 0 Å². The maximum absolute atomic E-state index is 9.67. The molecule has 5 heteroatoms. The van der Waals surface area contributed by atoms with E-state index in [0.29, 0.717) is 0 Å². The highest BCUT2D eigenvalue weighted by Gasteiger charge is 2.03. The van der Waals surface area contributed by atoms with Crippen LogP contribution in [0.1, 0.15) is 0 Å². The summed E-state index contributed by atoms with van der Waals surface area (Å²) in [4.78, 5) is 0. The van der Waals surface area contributed by atoms with Gasteiger partial charge in [-0.3, -0.25) is 4.46 Å². The van der Waals surface area contributed by atoms with Gasteiger partial charge in [-0.15, -0.1) is 0 Å². The van der Waals surface area contributed by atoms with Gasteiger partial charge in [-0.05, 0) is 0 Å².